The van der Waals surface area contributed by atoms with Crippen LogP contribution >= 0.6 is 0 Å². The van der Waals surface area contributed by atoms with Crippen LogP contribution in [0.1, 0.15) is 11.1 Å². The highest BCUT2D eigenvalue weighted by Crippen LogP contribution is 2.35. The van der Waals surface area contributed by atoms with Crippen molar-refractivity contribution in [2.45, 2.75) is 12.6 Å². The van der Waals surface area contributed by atoms with Crippen LogP contribution in [0.15, 0.2) is 60.7 Å². The number of rotatable bonds is 9. The van der Waals surface area contributed by atoms with Gasteiger partial charge in [0.25, 0.3) is 0 Å². The van der Waals surface area contributed by atoms with Gasteiger partial charge in [0.15, 0.2) is 11.5 Å². The molecule has 0 atom stereocenters. The molecule has 4 rings (SSSR count). The zero-order valence-electron chi connectivity index (χ0n) is 19.9. The Kier molecular flexibility index (Phi) is 7.33. The lowest BCUT2D eigenvalue weighted by Gasteiger charge is -2.15. The summed E-state index contributed by atoms with van der Waals surface area (Å²) in [6, 6.07) is 16.0. The minimum Gasteiger partial charge on any atom is -0.497 e. The first-order valence-electron chi connectivity index (χ1n) is 11.1. The summed E-state index contributed by atoms with van der Waals surface area (Å²) < 4.78 is 54.7. The van der Waals surface area contributed by atoms with Crippen molar-refractivity contribution in [1.29, 1.82) is 0 Å². The Morgan fingerprint density at radius 3 is 2.08 bits per heavy atom. The van der Waals surface area contributed by atoms with Gasteiger partial charge in [-0.2, -0.15) is 18.2 Å². The average molecular weight is 499 g/mol. The number of ether oxygens (including phenoxy) is 3. The lowest BCUT2D eigenvalue weighted by Crippen LogP contribution is -2.09. The van der Waals surface area contributed by atoms with Gasteiger partial charge >= 0.3 is 6.18 Å². The molecule has 36 heavy (non-hydrogen) atoms. The summed E-state index contributed by atoms with van der Waals surface area (Å²) in [6.45, 7) is 0.576. The average Bonchev–Trinajstić information content (AvgIpc) is 2.88. The Morgan fingerprint density at radius 2 is 1.47 bits per heavy atom. The lowest BCUT2D eigenvalue weighted by molar-refractivity contribution is -0.137. The fourth-order valence-corrected chi connectivity index (χ4v) is 3.64. The third-order valence-electron chi connectivity index (χ3n) is 5.53. The largest absolute Gasteiger partial charge is 0.497 e. The summed E-state index contributed by atoms with van der Waals surface area (Å²) in [5, 5.41) is 7.04. The molecule has 0 aliphatic carbocycles. The van der Waals surface area contributed by atoms with Gasteiger partial charge in [0.2, 0.25) is 5.95 Å². The van der Waals surface area contributed by atoms with Crippen molar-refractivity contribution in [3.05, 3.63) is 71.8 Å². The number of halogens is 3. The van der Waals surface area contributed by atoms with E-state index < -0.39 is 11.7 Å². The molecule has 3 aromatic carbocycles. The predicted molar refractivity (Wildman–Crippen MR) is 133 cm³/mol. The Hall–Kier alpha value is -4.21. The molecular formula is C26H25F3N4O3. The van der Waals surface area contributed by atoms with Crippen LogP contribution in [0.5, 0.6) is 17.2 Å². The number of fused-ring (bicyclic) bond motifs is 1. The van der Waals surface area contributed by atoms with Gasteiger partial charge in [0.1, 0.15) is 11.6 Å². The molecule has 4 aromatic rings. The molecule has 0 aliphatic heterocycles. The van der Waals surface area contributed by atoms with E-state index in [9.17, 15) is 13.2 Å². The van der Waals surface area contributed by atoms with Crippen LogP contribution < -0.4 is 24.8 Å². The zero-order valence-corrected chi connectivity index (χ0v) is 19.9. The highest BCUT2D eigenvalue weighted by atomic mass is 19.4. The van der Waals surface area contributed by atoms with Crippen molar-refractivity contribution in [3.63, 3.8) is 0 Å². The van der Waals surface area contributed by atoms with Gasteiger partial charge in [-0.1, -0.05) is 12.1 Å². The Bertz CT molecular complexity index is 1330. The smallest absolute Gasteiger partial charge is 0.416 e. The molecular weight excluding hydrogens is 473 g/mol. The number of nitrogens with one attached hydrogen (secondary N) is 2. The van der Waals surface area contributed by atoms with Gasteiger partial charge < -0.3 is 24.8 Å². The molecule has 0 radical (unpaired) electrons. The molecule has 10 heteroatoms. The molecule has 0 bridgehead atoms. The van der Waals surface area contributed by atoms with Gasteiger partial charge in [0, 0.05) is 23.7 Å². The van der Waals surface area contributed by atoms with Crippen molar-refractivity contribution in [1.82, 2.24) is 9.97 Å². The van der Waals surface area contributed by atoms with Gasteiger partial charge in [-0.25, -0.2) is 4.98 Å². The molecule has 1 aromatic heterocycles. The number of aromatic nitrogens is 2. The molecule has 0 saturated heterocycles. The topological polar surface area (TPSA) is 77.5 Å². The van der Waals surface area contributed by atoms with E-state index in [1.807, 2.05) is 24.3 Å². The minimum atomic E-state index is -4.41. The molecule has 2 N–H and O–H groups in total. The summed E-state index contributed by atoms with van der Waals surface area (Å²) >= 11 is 0. The van der Waals surface area contributed by atoms with Crippen molar-refractivity contribution in [2.75, 3.05) is 38.5 Å². The third-order valence-corrected chi connectivity index (χ3v) is 5.53. The quantitative estimate of drug-likeness (QED) is 0.290. The molecule has 0 unspecified atom stereocenters. The standard InChI is InChI=1S/C26H25F3N4O3/c1-34-19-10-4-16(5-11-19)12-13-30-24-20-14-22(35-2)23(36-3)15-21(20)32-25(33-24)31-18-8-6-17(7-9-18)26(27,28)29/h4-11,14-15H,12-13H2,1-3H3,(H2,30,31,32,33). The Labute approximate surface area is 206 Å². The van der Waals surface area contributed by atoms with E-state index in [0.717, 1.165) is 29.9 Å². The Morgan fingerprint density at radius 1 is 0.806 bits per heavy atom. The second-order valence-corrected chi connectivity index (χ2v) is 7.85. The molecule has 0 amide bonds. The minimum absolute atomic E-state index is 0.224. The van der Waals surface area contributed by atoms with Crippen molar-refractivity contribution in [2.24, 2.45) is 0 Å². The first-order chi connectivity index (χ1) is 17.3. The fraction of sp³-hybridized carbons (Fsp3) is 0.231. The molecule has 0 spiro atoms. The fourth-order valence-electron chi connectivity index (χ4n) is 3.64. The van der Waals surface area contributed by atoms with Crippen LogP contribution in [0.4, 0.5) is 30.6 Å². The summed E-state index contributed by atoms with van der Waals surface area (Å²) in [6.07, 6.45) is -3.68. The maximum Gasteiger partial charge on any atom is 0.416 e. The molecule has 0 saturated carbocycles. The van der Waals surface area contributed by atoms with E-state index in [1.54, 1.807) is 26.4 Å². The van der Waals surface area contributed by atoms with Gasteiger partial charge in [-0.15, -0.1) is 0 Å². The summed E-state index contributed by atoms with van der Waals surface area (Å²) in [5.74, 6) is 2.57. The molecule has 188 valence electrons. The highest BCUT2D eigenvalue weighted by molar-refractivity contribution is 5.93. The van der Waals surface area contributed by atoms with E-state index in [1.165, 1.54) is 19.2 Å². The normalized spacial score (nSPS) is 11.3. The van der Waals surface area contributed by atoms with Crippen molar-refractivity contribution in [3.8, 4) is 17.2 Å². The predicted octanol–water partition coefficient (Wildman–Crippen LogP) is 6.07. The summed E-state index contributed by atoms with van der Waals surface area (Å²) in [7, 11) is 4.69. The van der Waals surface area contributed by atoms with Crippen LogP contribution in [-0.2, 0) is 12.6 Å². The maximum absolute atomic E-state index is 12.9. The van der Waals surface area contributed by atoms with E-state index in [4.69, 9.17) is 14.2 Å². The van der Waals surface area contributed by atoms with E-state index in [2.05, 4.69) is 20.6 Å². The van der Waals surface area contributed by atoms with Crippen molar-refractivity contribution >= 4 is 28.4 Å². The van der Waals surface area contributed by atoms with Gasteiger partial charge in [-0.3, -0.25) is 0 Å². The number of anilines is 3. The first kappa shape index (κ1) is 24.9. The highest BCUT2D eigenvalue weighted by Gasteiger charge is 2.30. The van der Waals surface area contributed by atoms with Crippen LogP contribution in [0.2, 0.25) is 0 Å². The molecule has 1 heterocycles. The van der Waals surface area contributed by atoms with E-state index in [-0.39, 0.29) is 5.95 Å². The second kappa shape index (κ2) is 10.6. The second-order valence-electron chi connectivity index (χ2n) is 7.85. The molecule has 0 aliphatic rings. The summed E-state index contributed by atoms with van der Waals surface area (Å²) in [5.41, 5.74) is 1.38. The number of nitrogens with zero attached hydrogens (tertiary/aromatic N) is 2. The van der Waals surface area contributed by atoms with Crippen LogP contribution in [-0.4, -0.2) is 37.8 Å². The van der Waals surface area contributed by atoms with Gasteiger partial charge in [-0.05, 0) is 54.4 Å². The van der Waals surface area contributed by atoms with Crippen LogP contribution in [0.3, 0.4) is 0 Å². The number of alkyl halides is 3. The number of hydrogen-bond donors (Lipinski definition) is 2. The third kappa shape index (κ3) is 5.70. The van der Waals surface area contributed by atoms with E-state index >= 15 is 0 Å². The number of hydrogen-bond acceptors (Lipinski definition) is 7. The molecule has 7 nitrogen and oxygen atoms in total. The maximum atomic E-state index is 12.9. The Balaban J connectivity index is 1.63. The number of benzene rings is 3. The van der Waals surface area contributed by atoms with E-state index in [0.29, 0.717) is 40.5 Å². The molecule has 0 fully saturated rings. The van der Waals surface area contributed by atoms with Crippen molar-refractivity contribution < 1.29 is 27.4 Å². The zero-order chi connectivity index (χ0) is 25.7. The SMILES string of the molecule is COc1ccc(CCNc2nc(Nc3ccc(C(F)(F)F)cc3)nc3cc(OC)c(OC)cc23)cc1. The monoisotopic (exact) mass is 498 g/mol. The lowest BCUT2D eigenvalue weighted by atomic mass is 10.1. The van der Waals surface area contributed by atoms with Crippen LogP contribution in [0, 0.1) is 0 Å². The first-order valence-corrected chi connectivity index (χ1v) is 11.1. The van der Waals surface area contributed by atoms with Gasteiger partial charge in [0.05, 0.1) is 32.4 Å². The van der Waals surface area contributed by atoms with Crippen LogP contribution in [0.25, 0.3) is 10.9 Å². The number of methoxy groups -OCH3 is 3. The summed E-state index contributed by atoms with van der Waals surface area (Å²) in [4.78, 5) is 9.12.